The summed E-state index contributed by atoms with van der Waals surface area (Å²) in [6.07, 6.45) is 3.36. The number of amides is 1. The van der Waals surface area contributed by atoms with E-state index >= 15 is 0 Å². The van der Waals surface area contributed by atoms with E-state index in [1.54, 1.807) is 18.5 Å². The third-order valence-corrected chi connectivity index (χ3v) is 3.87. The topological polar surface area (TPSA) is 68.0 Å². The first-order valence-corrected chi connectivity index (χ1v) is 7.64. The molecule has 0 unspecified atom stereocenters. The summed E-state index contributed by atoms with van der Waals surface area (Å²) in [5.74, 6) is 0.520. The largest absolute Gasteiger partial charge is 0.338 e. The predicted molar refractivity (Wildman–Crippen MR) is 85.5 cm³/mol. The number of anilines is 1. The molecule has 0 aliphatic rings. The zero-order valence-electron chi connectivity index (χ0n) is 11.6. The van der Waals surface area contributed by atoms with Crippen LogP contribution in [-0.2, 0) is 4.79 Å². The van der Waals surface area contributed by atoms with Crippen molar-refractivity contribution in [3.63, 3.8) is 0 Å². The van der Waals surface area contributed by atoms with Crippen molar-refractivity contribution >= 4 is 23.6 Å². The number of carbonyl (C=O) groups excluding carboxylic acids is 1. The van der Waals surface area contributed by atoms with Gasteiger partial charge in [0.15, 0.2) is 0 Å². The van der Waals surface area contributed by atoms with E-state index in [2.05, 4.69) is 15.5 Å². The minimum Gasteiger partial charge on any atom is -0.338 e. The molecular weight excluding hydrogens is 298 g/mol. The maximum Gasteiger partial charge on any atom is 0.237 e. The van der Waals surface area contributed by atoms with Gasteiger partial charge in [-0.15, -0.1) is 11.8 Å². The first-order chi connectivity index (χ1) is 10.8. The molecule has 6 heteroatoms. The lowest BCUT2D eigenvalue weighted by atomic mass is 10.2. The lowest BCUT2D eigenvalue weighted by Crippen LogP contribution is -2.13. The highest BCUT2D eigenvalue weighted by molar-refractivity contribution is 8.00. The molecule has 0 atom stereocenters. The average Bonchev–Trinajstić information content (AvgIpc) is 3.03. The second-order valence-electron chi connectivity index (χ2n) is 4.46. The fourth-order valence-electron chi connectivity index (χ4n) is 1.83. The van der Waals surface area contributed by atoms with Crippen molar-refractivity contribution in [1.29, 1.82) is 0 Å². The first kappa shape index (κ1) is 14.3. The summed E-state index contributed by atoms with van der Waals surface area (Å²) in [7, 11) is 0. The van der Waals surface area contributed by atoms with Crippen LogP contribution in [0.2, 0.25) is 0 Å². The molecule has 0 radical (unpaired) electrons. The molecular formula is C16H13N3O2S. The molecule has 0 aliphatic heterocycles. The van der Waals surface area contributed by atoms with Crippen molar-refractivity contribution in [3.8, 4) is 11.3 Å². The van der Waals surface area contributed by atoms with Crippen molar-refractivity contribution in [2.75, 3.05) is 11.1 Å². The zero-order chi connectivity index (χ0) is 15.2. The number of carbonyl (C=O) groups is 1. The van der Waals surface area contributed by atoms with E-state index < -0.39 is 0 Å². The van der Waals surface area contributed by atoms with Gasteiger partial charge in [0.1, 0.15) is 5.69 Å². The second kappa shape index (κ2) is 6.91. The zero-order valence-corrected chi connectivity index (χ0v) is 12.4. The quantitative estimate of drug-likeness (QED) is 0.731. The molecule has 0 aliphatic carbocycles. The molecule has 5 nitrogen and oxygen atoms in total. The third kappa shape index (κ3) is 3.73. The fourth-order valence-corrected chi connectivity index (χ4v) is 2.55. The van der Waals surface area contributed by atoms with Crippen LogP contribution in [0.25, 0.3) is 11.3 Å². The number of hydrogen-bond acceptors (Lipinski definition) is 5. The highest BCUT2D eigenvalue weighted by Gasteiger charge is 2.09. The normalized spacial score (nSPS) is 10.4. The number of pyridine rings is 1. The van der Waals surface area contributed by atoms with Gasteiger partial charge in [-0.2, -0.15) is 0 Å². The summed E-state index contributed by atoms with van der Waals surface area (Å²) in [5, 5.41) is 6.63. The molecule has 2 heterocycles. The summed E-state index contributed by atoms with van der Waals surface area (Å²) in [6.45, 7) is 0. The number of nitrogens with one attached hydrogen (secondary N) is 1. The molecule has 1 N–H and O–H groups in total. The highest BCUT2D eigenvalue weighted by Crippen LogP contribution is 2.21. The van der Waals surface area contributed by atoms with Gasteiger partial charge in [-0.3, -0.25) is 15.1 Å². The Labute approximate surface area is 131 Å². The average molecular weight is 311 g/mol. The molecule has 0 saturated carbocycles. The van der Waals surface area contributed by atoms with Crippen LogP contribution in [0.1, 0.15) is 0 Å². The lowest BCUT2D eigenvalue weighted by Gasteiger charge is -2.01. The van der Waals surface area contributed by atoms with Crippen molar-refractivity contribution in [2.24, 2.45) is 0 Å². The summed E-state index contributed by atoms with van der Waals surface area (Å²) in [5.41, 5.74) is 1.55. The molecule has 2 aromatic heterocycles. The van der Waals surface area contributed by atoms with E-state index in [-0.39, 0.29) is 5.91 Å². The second-order valence-corrected chi connectivity index (χ2v) is 5.51. The molecule has 3 aromatic rings. The number of rotatable bonds is 5. The SMILES string of the molecule is O=C(CSc1ccccc1)Nc1cc(-c2ccncc2)no1. The molecule has 0 spiro atoms. The molecule has 0 bridgehead atoms. The Bertz CT molecular complexity index is 744. The molecule has 0 saturated heterocycles. The van der Waals surface area contributed by atoms with Gasteiger partial charge in [-0.05, 0) is 24.3 Å². The summed E-state index contributed by atoms with van der Waals surface area (Å²) in [6, 6.07) is 15.1. The smallest absolute Gasteiger partial charge is 0.237 e. The van der Waals surface area contributed by atoms with Crippen LogP contribution in [0.5, 0.6) is 0 Å². The fraction of sp³-hybridized carbons (Fsp3) is 0.0625. The van der Waals surface area contributed by atoms with E-state index in [1.165, 1.54) is 11.8 Å². The number of nitrogens with zero attached hydrogens (tertiary/aromatic N) is 2. The first-order valence-electron chi connectivity index (χ1n) is 6.66. The summed E-state index contributed by atoms with van der Waals surface area (Å²) in [4.78, 5) is 16.9. The number of benzene rings is 1. The Hall–Kier alpha value is -2.60. The van der Waals surface area contributed by atoms with Gasteiger partial charge in [0, 0.05) is 28.9 Å². The van der Waals surface area contributed by atoms with Gasteiger partial charge in [0.05, 0.1) is 5.75 Å². The third-order valence-electron chi connectivity index (χ3n) is 2.86. The summed E-state index contributed by atoms with van der Waals surface area (Å²) < 4.78 is 5.13. The van der Waals surface area contributed by atoms with Crippen LogP contribution in [0, 0.1) is 0 Å². The van der Waals surface area contributed by atoms with Crippen LogP contribution in [0.3, 0.4) is 0 Å². The molecule has 110 valence electrons. The molecule has 22 heavy (non-hydrogen) atoms. The van der Waals surface area contributed by atoms with E-state index in [0.717, 1.165) is 10.5 Å². The van der Waals surface area contributed by atoms with Gasteiger partial charge in [0.25, 0.3) is 0 Å². The highest BCUT2D eigenvalue weighted by atomic mass is 32.2. The number of hydrogen-bond donors (Lipinski definition) is 1. The minimum atomic E-state index is -0.133. The van der Waals surface area contributed by atoms with Crippen molar-refractivity contribution in [2.45, 2.75) is 4.90 Å². The Balaban J connectivity index is 1.57. The van der Waals surface area contributed by atoms with Crippen LogP contribution < -0.4 is 5.32 Å². The monoisotopic (exact) mass is 311 g/mol. The Morgan fingerprint density at radius 3 is 2.68 bits per heavy atom. The standard InChI is InChI=1S/C16H13N3O2S/c20-15(11-22-13-4-2-1-3-5-13)18-16-10-14(19-21-16)12-6-8-17-9-7-12/h1-10H,11H2,(H,18,20). The van der Waals surface area contributed by atoms with E-state index in [0.29, 0.717) is 17.3 Å². The van der Waals surface area contributed by atoms with Crippen LogP contribution in [0.15, 0.2) is 70.3 Å². The Morgan fingerprint density at radius 1 is 1.14 bits per heavy atom. The van der Waals surface area contributed by atoms with Crippen LogP contribution in [-0.4, -0.2) is 21.8 Å². The van der Waals surface area contributed by atoms with Crippen LogP contribution in [0.4, 0.5) is 5.88 Å². The van der Waals surface area contributed by atoms with Gasteiger partial charge in [-0.1, -0.05) is 23.4 Å². The molecule has 1 amide bonds. The number of thioether (sulfide) groups is 1. The molecule has 1 aromatic carbocycles. The van der Waals surface area contributed by atoms with Gasteiger partial charge in [0.2, 0.25) is 11.8 Å². The van der Waals surface area contributed by atoms with E-state index in [9.17, 15) is 4.79 Å². The lowest BCUT2D eigenvalue weighted by molar-refractivity contribution is -0.113. The maximum absolute atomic E-state index is 11.9. The van der Waals surface area contributed by atoms with Crippen molar-refractivity contribution in [1.82, 2.24) is 10.1 Å². The number of aromatic nitrogens is 2. The van der Waals surface area contributed by atoms with Crippen molar-refractivity contribution in [3.05, 3.63) is 60.9 Å². The van der Waals surface area contributed by atoms with E-state index in [1.807, 2.05) is 42.5 Å². The molecule has 3 rings (SSSR count). The predicted octanol–water partition coefficient (Wildman–Crippen LogP) is 3.47. The van der Waals surface area contributed by atoms with Gasteiger partial charge >= 0.3 is 0 Å². The van der Waals surface area contributed by atoms with Crippen LogP contribution >= 0.6 is 11.8 Å². The maximum atomic E-state index is 11.9. The Kier molecular flexibility index (Phi) is 4.50. The van der Waals surface area contributed by atoms with Gasteiger partial charge in [-0.25, -0.2) is 0 Å². The Morgan fingerprint density at radius 2 is 1.91 bits per heavy atom. The molecule has 0 fully saturated rings. The van der Waals surface area contributed by atoms with E-state index in [4.69, 9.17) is 4.52 Å². The van der Waals surface area contributed by atoms with Gasteiger partial charge < -0.3 is 4.52 Å². The van der Waals surface area contributed by atoms with Crippen molar-refractivity contribution < 1.29 is 9.32 Å². The minimum absolute atomic E-state index is 0.133. The summed E-state index contributed by atoms with van der Waals surface area (Å²) >= 11 is 1.47.